The van der Waals surface area contributed by atoms with Crippen LogP contribution in [0.25, 0.3) is 105 Å². The first kappa shape index (κ1) is 30.7. The SMILES string of the molecule is c1ccc(-c2nnc(-c3ccc4c5ccccc5n(-c5ccccc5-n5c6ccccc6c6ccc7oc8ccccc8c7c65)c4c3)n2-c2ccccc2)cc1. The molecule has 8 aromatic carbocycles. The van der Waals surface area contributed by atoms with E-state index in [0.717, 1.165) is 83.8 Å². The zero-order valence-corrected chi connectivity index (χ0v) is 30.0. The maximum Gasteiger partial charge on any atom is 0.168 e. The molecule has 56 heavy (non-hydrogen) atoms. The Kier molecular flexibility index (Phi) is 6.53. The van der Waals surface area contributed by atoms with Crippen molar-refractivity contribution in [1.29, 1.82) is 0 Å². The van der Waals surface area contributed by atoms with Crippen molar-refractivity contribution in [2.24, 2.45) is 0 Å². The van der Waals surface area contributed by atoms with Gasteiger partial charge in [-0.3, -0.25) is 4.57 Å². The summed E-state index contributed by atoms with van der Waals surface area (Å²) in [5.74, 6) is 1.57. The first-order chi connectivity index (χ1) is 27.8. The molecule has 0 amide bonds. The van der Waals surface area contributed by atoms with Gasteiger partial charge in [-0.2, -0.15) is 0 Å². The molecule has 0 aliphatic carbocycles. The van der Waals surface area contributed by atoms with Crippen LogP contribution >= 0.6 is 0 Å². The molecule has 262 valence electrons. The van der Waals surface area contributed by atoms with Gasteiger partial charge in [0.2, 0.25) is 0 Å². The molecule has 0 saturated carbocycles. The summed E-state index contributed by atoms with van der Waals surface area (Å²) >= 11 is 0. The second-order valence-corrected chi connectivity index (χ2v) is 14.2. The van der Waals surface area contributed by atoms with Crippen molar-refractivity contribution in [3.8, 4) is 39.8 Å². The maximum atomic E-state index is 6.46. The van der Waals surface area contributed by atoms with Crippen molar-refractivity contribution in [2.75, 3.05) is 0 Å². The van der Waals surface area contributed by atoms with Crippen LogP contribution in [0.15, 0.2) is 192 Å². The van der Waals surface area contributed by atoms with E-state index in [1.54, 1.807) is 0 Å². The number of fused-ring (bicyclic) bond motifs is 10. The van der Waals surface area contributed by atoms with Crippen LogP contribution in [0.4, 0.5) is 0 Å². The van der Waals surface area contributed by atoms with Gasteiger partial charge in [0.15, 0.2) is 11.6 Å². The predicted molar refractivity (Wildman–Crippen MR) is 228 cm³/mol. The Morgan fingerprint density at radius 3 is 1.68 bits per heavy atom. The standard InChI is InChI=1S/C50H31N5O/c1-3-15-32(16-4-1)49-51-52-50(53(49)34-17-5-2-6-18-34)33-27-28-37-35-19-7-10-22-40(35)54(44(37)31-33)42-24-12-13-25-43(42)55-41-23-11-8-20-36(41)38-29-30-46-47(48(38)55)39-21-9-14-26-45(39)56-46/h1-31H. The topological polar surface area (TPSA) is 53.7 Å². The van der Waals surface area contributed by atoms with E-state index in [9.17, 15) is 0 Å². The molecule has 4 aromatic heterocycles. The monoisotopic (exact) mass is 717 g/mol. The number of furan rings is 1. The minimum atomic E-state index is 0.777. The molecule has 0 fully saturated rings. The van der Waals surface area contributed by atoms with Crippen LogP contribution in [0.2, 0.25) is 0 Å². The van der Waals surface area contributed by atoms with Crippen molar-refractivity contribution in [2.45, 2.75) is 0 Å². The molecule has 12 aromatic rings. The normalized spacial score (nSPS) is 11.9. The molecule has 6 nitrogen and oxygen atoms in total. The lowest BCUT2D eigenvalue weighted by Gasteiger charge is -2.17. The van der Waals surface area contributed by atoms with Crippen molar-refractivity contribution < 1.29 is 4.42 Å². The van der Waals surface area contributed by atoms with E-state index in [1.165, 1.54) is 21.5 Å². The summed E-state index contributed by atoms with van der Waals surface area (Å²) < 4.78 is 13.5. The van der Waals surface area contributed by atoms with Crippen LogP contribution in [-0.2, 0) is 0 Å². The van der Waals surface area contributed by atoms with E-state index in [-0.39, 0.29) is 0 Å². The highest BCUT2D eigenvalue weighted by Gasteiger charge is 2.23. The molecular formula is C50H31N5O. The smallest absolute Gasteiger partial charge is 0.168 e. The molecule has 12 rings (SSSR count). The second kappa shape index (κ2) is 11.9. The first-order valence-electron chi connectivity index (χ1n) is 18.8. The predicted octanol–water partition coefficient (Wildman–Crippen LogP) is 12.7. The lowest BCUT2D eigenvalue weighted by atomic mass is 10.1. The Labute approximate surface area is 320 Å². The molecule has 0 aliphatic heterocycles. The van der Waals surface area contributed by atoms with Gasteiger partial charge in [0.25, 0.3) is 0 Å². The van der Waals surface area contributed by atoms with Crippen molar-refractivity contribution >= 4 is 65.6 Å². The fraction of sp³-hybridized carbons (Fsp3) is 0. The van der Waals surface area contributed by atoms with Crippen molar-refractivity contribution in [3.63, 3.8) is 0 Å². The molecule has 0 saturated heterocycles. The van der Waals surface area contributed by atoms with E-state index in [0.29, 0.717) is 0 Å². The highest BCUT2D eigenvalue weighted by Crippen LogP contribution is 2.43. The van der Waals surface area contributed by atoms with E-state index < -0.39 is 0 Å². The van der Waals surface area contributed by atoms with E-state index in [2.05, 4.69) is 171 Å². The summed E-state index contributed by atoms with van der Waals surface area (Å²) in [6, 6.07) is 66.2. The summed E-state index contributed by atoms with van der Waals surface area (Å²) in [4.78, 5) is 0. The maximum absolute atomic E-state index is 6.46. The number of hydrogen-bond donors (Lipinski definition) is 0. The van der Waals surface area contributed by atoms with Gasteiger partial charge < -0.3 is 13.6 Å². The fourth-order valence-electron chi connectivity index (χ4n) is 8.79. The molecule has 0 spiro atoms. The van der Waals surface area contributed by atoms with Crippen LogP contribution in [-0.4, -0.2) is 23.9 Å². The quantitative estimate of drug-likeness (QED) is 0.178. The molecule has 0 radical (unpaired) electrons. The van der Waals surface area contributed by atoms with Gasteiger partial charge in [0.05, 0.1) is 38.8 Å². The number of nitrogens with zero attached hydrogens (tertiary/aromatic N) is 5. The third-order valence-electron chi connectivity index (χ3n) is 11.2. The van der Waals surface area contributed by atoms with Gasteiger partial charge in [0, 0.05) is 43.7 Å². The summed E-state index contributed by atoms with van der Waals surface area (Å²) in [6.45, 7) is 0. The van der Waals surface area contributed by atoms with E-state index in [4.69, 9.17) is 14.6 Å². The average Bonchev–Trinajstić information content (AvgIpc) is 4.03. The number of para-hydroxylation sites is 6. The number of aromatic nitrogens is 5. The highest BCUT2D eigenvalue weighted by molar-refractivity contribution is 6.24. The zero-order valence-electron chi connectivity index (χ0n) is 30.0. The van der Waals surface area contributed by atoms with Crippen LogP contribution in [0.3, 0.4) is 0 Å². The zero-order chi connectivity index (χ0) is 36.7. The molecule has 6 heteroatoms. The second-order valence-electron chi connectivity index (χ2n) is 14.2. The Hall–Kier alpha value is -7.70. The molecule has 0 N–H and O–H groups in total. The third kappa shape index (κ3) is 4.38. The third-order valence-corrected chi connectivity index (χ3v) is 11.2. The number of benzene rings is 8. The molecule has 0 atom stereocenters. The average molecular weight is 718 g/mol. The Morgan fingerprint density at radius 2 is 0.911 bits per heavy atom. The molecular weight excluding hydrogens is 687 g/mol. The van der Waals surface area contributed by atoms with Gasteiger partial charge >= 0.3 is 0 Å². The van der Waals surface area contributed by atoms with Crippen LogP contribution in [0, 0.1) is 0 Å². The highest BCUT2D eigenvalue weighted by atomic mass is 16.3. The van der Waals surface area contributed by atoms with Crippen LogP contribution in [0.1, 0.15) is 0 Å². The van der Waals surface area contributed by atoms with Gasteiger partial charge in [-0.05, 0) is 60.7 Å². The molecule has 0 bridgehead atoms. The Balaban J connectivity index is 1.16. The van der Waals surface area contributed by atoms with E-state index in [1.807, 2.05) is 30.3 Å². The summed E-state index contributed by atoms with van der Waals surface area (Å²) in [5.41, 5.74) is 11.4. The summed E-state index contributed by atoms with van der Waals surface area (Å²) in [6.07, 6.45) is 0. The fourth-order valence-corrected chi connectivity index (χ4v) is 8.79. The van der Waals surface area contributed by atoms with E-state index >= 15 is 0 Å². The largest absolute Gasteiger partial charge is 0.456 e. The Morgan fingerprint density at radius 1 is 0.357 bits per heavy atom. The minimum Gasteiger partial charge on any atom is -0.456 e. The van der Waals surface area contributed by atoms with Gasteiger partial charge in [-0.15, -0.1) is 10.2 Å². The first-order valence-corrected chi connectivity index (χ1v) is 18.8. The summed E-state index contributed by atoms with van der Waals surface area (Å²) in [7, 11) is 0. The minimum absolute atomic E-state index is 0.777. The lowest BCUT2D eigenvalue weighted by molar-refractivity contribution is 0.669. The number of hydrogen-bond acceptors (Lipinski definition) is 3. The molecule has 0 aliphatic rings. The summed E-state index contributed by atoms with van der Waals surface area (Å²) in [5, 5.41) is 16.6. The van der Waals surface area contributed by atoms with Crippen LogP contribution in [0.5, 0.6) is 0 Å². The lowest BCUT2D eigenvalue weighted by Crippen LogP contribution is -2.03. The molecule has 4 heterocycles. The van der Waals surface area contributed by atoms with Crippen LogP contribution < -0.4 is 0 Å². The van der Waals surface area contributed by atoms with Gasteiger partial charge in [-0.1, -0.05) is 127 Å². The van der Waals surface area contributed by atoms with Crippen molar-refractivity contribution in [3.05, 3.63) is 188 Å². The number of rotatable bonds is 5. The molecule has 0 unspecified atom stereocenters. The Bertz CT molecular complexity index is 3480. The van der Waals surface area contributed by atoms with Crippen molar-refractivity contribution in [1.82, 2.24) is 23.9 Å². The van der Waals surface area contributed by atoms with Gasteiger partial charge in [-0.25, -0.2) is 0 Å². The van der Waals surface area contributed by atoms with Gasteiger partial charge in [0.1, 0.15) is 11.2 Å².